The summed E-state index contributed by atoms with van der Waals surface area (Å²) < 4.78 is 0. The van der Waals surface area contributed by atoms with Crippen LogP contribution in [0.25, 0.3) is 0 Å². The molecule has 4 nitrogen and oxygen atoms in total. The van der Waals surface area contributed by atoms with Crippen LogP contribution in [-0.2, 0) is 9.59 Å². The molecular weight excluding hydrogens is 218 g/mol. The van der Waals surface area contributed by atoms with Crippen molar-refractivity contribution in [2.24, 2.45) is 5.92 Å². The van der Waals surface area contributed by atoms with Crippen molar-refractivity contribution < 1.29 is 14.7 Å². The van der Waals surface area contributed by atoms with Crippen molar-refractivity contribution in [1.29, 1.82) is 0 Å². The molecule has 0 heterocycles. The third-order valence-electron chi connectivity index (χ3n) is 2.97. The van der Waals surface area contributed by atoms with Crippen molar-refractivity contribution in [2.75, 3.05) is 0 Å². The van der Waals surface area contributed by atoms with E-state index in [-0.39, 0.29) is 5.91 Å². The van der Waals surface area contributed by atoms with E-state index in [1.807, 2.05) is 13.8 Å². The van der Waals surface area contributed by atoms with Crippen LogP contribution in [0.3, 0.4) is 0 Å². The number of carboxylic acids is 1. The van der Waals surface area contributed by atoms with Crippen molar-refractivity contribution in [3.8, 4) is 0 Å². The zero-order valence-electron chi connectivity index (χ0n) is 11.2. The Morgan fingerprint density at radius 2 is 1.76 bits per heavy atom. The van der Waals surface area contributed by atoms with Crippen molar-refractivity contribution in [1.82, 2.24) is 5.32 Å². The number of amides is 1. The maximum Gasteiger partial charge on any atom is 0.326 e. The Kier molecular flexibility index (Phi) is 8.46. The molecule has 0 unspecified atom stereocenters. The molecule has 4 heteroatoms. The summed E-state index contributed by atoms with van der Waals surface area (Å²) in [4.78, 5) is 21.7. The summed E-state index contributed by atoms with van der Waals surface area (Å²) in [6.07, 6.45) is 6.42. The molecular formula is C13H25NO3. The predicted molar refractivity (Wildman–Crippen MR) is 67.8 cm³/mol. The number of hydrogen-bond donors (Lipinski definition) is 2. The average Bonchev–Trinajstić information content (AvgIpc) is 2.31. The lowest BCUT2D eigenvalue weighted by atomic mass is 9.85. The third-order valence-corrected chi connectivity index (χ3v) is 2.97. The van der Waals surface area contributed by atoms with Gasteiger partial charge in [-0.3, -0.25) is 4.79 Å². The summed E-state index contributed by atoms with van der Waals surface area (Å²) >= 11 is 0. The van der Waals surface area contributed by atoms with Gasteiger partial charge >= 0.3 is 5.97 Å². The number of carboxylic acid groups (broad SMARTS) is 1. The van der Waals surface area contributed by atoms with Gasteiger partial charge in [-0.25, -0.2) is 4.79 Å². The highest BCUT2D eigenvalue weighted by Crippen LogP contribution is 2.27. The van der Waals surface area contributed by atoms with Crippen LogP contribution in [0, 0.1) is 5.92 Å². The van der Waals surface area contributed by atoms with E-state index in [0.717, 1.165) is 12.8 Å². The number of carbonyl (C=O) groups is 2. The van der Waals surface area contributed by atoms with Crippen LogP contribution >= 0.6 is 0 Å². The van der Waals surface area contributed by atoms with Crippen molar-refractivity contribution >= 4 is 11.9 Å². The molecule has 0 saturated heterocycles. The van der Waals surface area contributed by atoms with E-state index in [1.54, 1.807) is 0 Å². The molecule has 0 aliphatic heterocycles. The highest BCUT2D eigenvalue weighted by Gasteiger charge is 2.24. The molecule has 1 atom stereocenters. The SMILES string of the molecule is CC.CC(=O)N[C@H](CC1CCCCC1)C(=O)O. The van der Waals surface area contributed by atoms with Crippen LogP contribution in [-0.4, -0.2) is 23.0 Å². The van der Waals surface area contributed by atoms with Gasteiger partial charge in [0.2, 0.25) is 5.91 Å². The maximum absolute atomic E-state index is 10.9. The number of carbonyl (C=O) groups excluding carboxylic acids is 1. The minimum atomic E-state index is -0.921. The van der Waals surface area contributed by atoms with Crippen molar-refractivity contribution in [3.63, 3.8) is 0 Å². The fourth-order valence-electron chi connectivity index (χ4n) is 2.22. The topological polar surface area (TPSA) is 66.4 Å². The van der Waals surface area contributed by atoms with Gasteiger partial charge in [-0.05, 0) is 12.3 Å². The molecule has 0 radical (unpaired) electrons. The Morgan fingerprint density at radius 3 is 2.18 bits per heavy atom. The predicted octanol–water partition coefficient (Wildman–Crippen LogP) is 2.57. The fourth-order valence-corrected chi connectivity index (χ4v) is 2.22. The number of rotatable bonds is 4. The van der Waals surface area contributed by atoms with Gasteiger partial charge in [0, 0.05) is 6.92 Å². The maximum atomic E-state index is 10.9. The lowest BCUT2D eigenvalue weighted by Gasteiger charge is -2.24. The second-order valence-corrected chi connectivity index (χ2v) is 4.33. The van der Waals surface area contributed by atoms with E-state index in [1.165, 1.54) is 26.2 Å². The molecule has 2 N–H and O–H groups in total. The standard InChI is InChI=1S/C11H19NO3.C2H6/c1-8(13)12-10(11(14)15)7-9-5-3-2-4-6-9;1-2/h9-10H,2-7H2,1H3,(H,12,13)(H,14,15);1-2H3/t10-;/m1./s1. The summed E-state index contributed by atoms with van der Waals surface area (Å²) in [7, 11) is 0. The van der Waals surface area contributed by atoms with E-state index in [4.69, 9.17) is 5.11 Å². The first-order valence-electron chi connectivity index (χ1n) is 6.59. The molecule has 1 aliphatic rings. The normalized spacial score (nSPS) is 17.6. The highest BCUT2D eigenvalue weighted by molar-refractivity contribution is 5.82. The Hall–Kier alpha value is -1.06. The van der Waals surface area contributed by atoms with E-state index in [0.29, 0.717) is 12.3 Å². The molecule has 1 aliphatic carbocycles. The lowest BCUT2D eigenvalue weighted by molar-refractivity contribution is -0.142. The molecule has 1 amide bonds. The minimum absolute atomic E-state index is 0.266. The van der Waals surface area contributed by atoms with Gasteiger partial charge < -0.3 is 10.4 Å². The second-order valence-electron chi connectivity index (χ2n) is 4.33. The summed E-state index contributed by atoms with van der Waals surface area (Å²) in [5, 5.41) is 11.4. The van der Waals surface area contributed by atoms with Gasteiger partial charge in [-0.15, -0.1) is 0 Å². The Labute approximate surface area is 104 Å². The fraction of sp³-hybridized carbons (Fsp3) is 0.846. The Morgan fingerprint density at radius 1 is 1.24 bits per heavy atom. The number of hydrogen-bond acceptors (Lipinski definition) is 2. The largest absolute Gasteiger partial charge is 0.480 e. The first-order valence-corrected chi connectivity index (χ1v) is 6.59. The molecule has 1 rings (SSSR count). The van der Waals surface area contributed by atoms with Crippen LogP contribution in [0.5, 0.6) is 0 Å². The first kappa shape index (κ1) is 15.9. The van der Waals surface area contributed by atoms with Gasteiger partial charge in [0.1, 0.15) is 6.04 Å². The van der Waals surface area contributed by atoms with E-state index < -0.39 is 12.0 Å². The Bertz CT molecular complexity index is 235. The lowest BCUT2D eigenvalue weighted by Crippen LogP contribution is -2.41. The molecule has 1 fully saturated rings. The quantitative estimate of drug-likeness (QED) is 0.797. The van der Waals surface area contributed by atoms with E-state index in [9.17, 15) is 9.59 Å². The van der Waals surface area contributed by atoms with Gasteiger partial charge in [0.05, 0.1) is 0 Å². The zero-order chi connectivity index (χ0) is 13.3. The smallest absolute Gasteiger partial charge is 0.326 e. The monoisotopic (exact) mass is 243 g/mol. The molecule has 0 spiro atoms. The van der Waals surface area contributed by atoms with Gasteiger partial charge in [-0.1, -0.05) is 46.0 Å². The third kappa shape index (κ3) is 6.97. The molecule has 100 valence electrons. The van der Waals surface area contributed by atoms with Crippen molar-refractivity contribution in [3.05, 3.63) is 0 Å². The van der Waals surface area contributed by atoms with Gasteiger partial charge in [-0.2, -0.15) is 0 Å². The van der Waals surface area contributed by atoms with Crippen LogP contribution < -0.4 is 5.32 Å². The second kappa shape index (κ2) is 9.02. The van der Waals surface area contributed by atoms with E-state index >= 15 is 0 Å². The zero-order valence-corrected chi connectivity index (χ0v) is 11.2. The minimum Gasteiger partial charge on any atom is -0.480 e. The number of nitrogens with one attached hydrogen (secondary N) is 1. The average molecular weight is 243 g/mol. The summed E-state index contributed by atoms with van der Waals surface area (Å²) in [6, 6.07) is -0.703. The number of aliphatic carboxylic acids is 1. The molecule has 1 saturated carbocycles. The van der Waals surface area contributed by atoms with Crippen LogP contribution in [0.4, 0.5) is 0 Å². The van der Waals surface area contributed by atoms with Gasteiger partial charge in [0.15, 0.2) is 0 Å². The van der Waals surface area contributed by atoms with Crippen LogP contribution in [0.15, 0.2) is 0 Å². The summed E-state index contributed by atoms with van der Waals surface area (Å²) in [5.41, 5.74) is 0. The van der Waals surface area contributed by atoms with Crippen LogP contribution in [0.2, 0.25) is 0 Å². The van der Waals surface area contributed by atoms with Gasteiger partial charge in [0.25, 0.3) is 0 Å². The first-order chi connectivity index (χ1) is 8.09. The van der Waals surface area contributed by atoms with Crippen LogP contribution in [0.1, 0.15) is 59.3 Å². The molecule has 17 heavy (non-hydrogen) atoms. The molecule has 0 aromatic rings. The Balaban J connectivity index is 0.00000121. The van der Waals surface area contributed by atoms with E-state index in [2.05, 4.69) is 5.32 Å². The molecule has 0 bridgehead atoms. The molecule has 0 aromatic carbocycles. The molecule has 0 aromatic heterocycles. The summed E-state index contributed by atoms with van der Waals surface area (Å²) in [6.45, 7) is 5.36. The summed E-state index contributed by atoms with van der Waals surface area (Å²) in [5.74, 6) is -0.722. The van der Waals surface area contributed by atoms with Crippen molar-refractivity contribution in [2.45, 2.75) is 65.3 Å². The highest BCUT2D eigenvalue weighted by atomic mass is 16.4.